The first kappa shape index (κ1) is 22.8. The first-order chi connectivity index (χ1) is 15.7. The van der Waals surface area contributed by atoms with E-state index in [1.807, 2.05) is 25.1 Å². The van der Waals surface area contributed by atoms with E-state index in [1.54, 1.807) is 0 Å². The lowest BCUT2D eigenvalue weighted by Crippen LogP contribution is -2.36. The number of carbonyl (C=O) groups excluding carboxylic acids is 2. The number of halogens is 1. The number of hydrogen-bond acceptors (Lipinski definition) is 6. The molecular weight excluding hydrogens is 500 g/mol. The smallest absolute Gasteiger partial charge is 0.267 e. The van der Waals surface area contributed by atoms with E-state index >= 15 is 0 Å². The predicted octanol–water partition coefficient (Wildman–Crippen LogP) is 4.97. The van der Waals surface area contributed by atoms with Crippen molar-refractivity contribution in [1.29, 1.82) is 0 Å². The van der Waals surface area contributed by atoms with Gasteiger partial charge in [-0.15, -0.1) is 22.7 Å². The molecule has 174 valence electrons. The molecule has 1 atom stereocenters. The second-order valence-electron chi connectivity index (χ2n) is 8.69. The van der Waals surface area contributed by atoms with Crippen molar-refractivity contribution in [2.45, 2.75) is 45.1 Å². The minimum absolute atomic E-state index is 0.0381. The largest absolute Gasteiger partial charge is 0.348 e. The molecule has 3 aromatic rings. The molecule has 1 fully saturated rings. The van der Waals surface area contributed by atoms with Gasteiger partial charge in [-0.05, 0) is 56.2 Å². The minimum Gasteiger partial charge on any atom is -0.348 e. The molecule has 0 radical (unpaired) electrons. The normalized spacial score (nSPS) is 19.4. The summed E-state index contributed by atoms with van der Waals surface area (Å²) >= 11 is 9.30. The van der Waals surface area contributed by atoms with Gasteiger partial charge < -0.3 is 10.6 Å². The van der Waals surface area contributed by atoms with E-state index in [0.717, 1.165) is 51.8 Å². The lowest BCUT2D eigenvalue weighted by Gasteiger charge is -2.15. The van der Waals surface area contributed by atoms with Gasteiger partial charge in [-0.25, -0.2) is 8.42 Å². The van der Waals surface area contributed by atoms with Crippen molar-refractivity contribution >= 4 is 71.0 Å². The average Bonchev–Trinajstić information content (AvgIpc) is 3.40. The zero-order chi connectivity index (χ0) is 23.3. The maximum atomic E-state index is 13.3. The molecule has 0 spiro atoms. The van der Waals surface area contributed by atoms with Crippen molar-refractivity contribution in [3.05, 3.63) is 49.7 Å². The second-order valence-corrected chi connectivity index (χ2v) is 13.5. The molecule has 1 aliphatic carbocycles. The quantitative estimate of drug-likeness (QED) is 0.506. The molecule has 10 heteroatoms. The number of fused-ring (bicyclic) bond motifs is 2. The standard InChI is InChI=1S/C23H23ClN2O4S3/c1-12-6-7-15-17(10-12)31-20(19(15)24)22(28)26-23-18(14-4-2-3-5-16(14)32-23)21(27)25-13-8-9-33(29,30)11-13/h6-7,10,13H,2-5,8-9,11H2,1H3,(H,25,27)(H,26,28)/t13-/m0/s1. The van der Waals surface area contributed by atoms with E-state index in [0.29, 0.717) is 26.9 Å². The number of aryl methyl sites for hydroxylation is 2. The van der Waals surface area contributed by atoms with E-state index in [1.165, 1.54) is 22.7 Å². The van der Waals surface area contributed by atoms with Gasteiger partial charge in [0.1, 0.15) is 9.88 Å². The summed E-state index contributed by atoms with van der Waals surface area (Å²) in [5.74, 6) is -0.601. The Morgan fingerprint density at radius 2 is 1.91 bits per heavy atom. The van der Waals surface area contributed by atoms with Crippen molar-refractivity contribution in [3.8, 4) is 0 Å². The molecule has 2 amide bonds. The van der Waals surface area contributed by atoms with Gasteiger partial charge in [0.25, 0.3) is 11.8 Å². The Hall–Kier alpha value is -1.94. The lowest BCUT2D eigenvalue weighted by atomic mass is 9.95. The summed E-state index contributed by atoms with van der Waals surface area (Å²) in [6.07, 6.45) is 4.09. The third kappa shape index (κ3) is 4.43. The SMILES string of the molecule is Cc1ccc2c(Cl)c(C(=O)Nc3sc4c(c3C(=O)N[C@H]3CCS(=O)(=O)C3)CCCC4)sc2c1. The highest BCUT2D eigenvalue weighted by molar-refractivity contribution is 7.91. The van der Waals surface area contributed by atoms with Crippen LogP contribution in [0.5, 0.6) is 0 Å². The number of thiophene rings is 2. The van der Waals surface area contributed by atoms with Crippen LogP contribution in [0.1, 0.15) is 55.3 Å². The summed E-state index contributed by atoms with van der Waals surface area (Å²) in [5.41, 5.74) is 2.53. The number of rotatable bonds is 4. The van der Waals surface area contributed by atoms with Gasteiger partial charge >= 0.3 is 0 Å². The first-order valence-corrected chi connectivity index (χ1v) is 14.7. The fourth-order valence-electron chi connectivity index (χ4n) is 4.54. The molecule has 1 aromatic carbocycles. The van der Waals surface area contributed by atoms with Gasteiger partial charge in [0, 0.05) is 21.0 Å². The fraction of sp³-hybridized carbons (Fsp3) is 0.391. The number of amides is 2. The molecule has 1 aliphatic heterocycles. The van der Waals surface area contributed by atoms with Crippen LogP contribution >= 0.6 is 34.3 Å². The number of sulfone groups is 1. The van der Waals surface area contributed by atoms with Crippen LogP contribution in [0, 0.1) is 6.92 Å². The van der Waals surface area contributed by atoms with E-state index in [4.69, 9.17) is 11.6 Å². The van der Waals surface area contributed by atoms with Crippen molar-refractivity contribution in [3.63, 3.8) is 0 Å². The maximum Gasteiger partial charge on any atom is 0.267 e. The molecule has 0 unspecified atom stereocenters. The van der Waals surface area contributed by atoms with Crippen LogP contribution in [0.4, 0.5) is 5.00 Å². The molecule has 33 heavy (non-hydrogen) atoms. The molecule has 2 N–H and O–H groups in total. The Bertz CT molecular complexity index is 1390. The zero-order valence-electron chi connectivity index (χ0n) is 18.0. The number of nitrogens with one attached hydrogen (secondary N) is 2. The van der Waals surface area contributed by atoms with Gasteiger partial charge in [0.15, 0.2) is 9.84 Å². The summed E-state index contributed by atoms with van der Waals surface area (Å²) < 4.78 is 24.6. The molecule has 2 aromatic heterocycles. The number of carbonyl (C=O) groups is 2. The van der Waals surface area contributed by atoms with Crippen LogP contribution in [0.3, 0.4) is 0 Å². The lowest BCUT2D eigenvalue weighted by molar-refractivity contribution is 0.0941. The molecule has 2 aliphatic rings. The summed E-state index contributed by atoms with van der Waals surface area (Å²) in [6, 6.07) is 5.48. The first-order valence-electron chi connectivity index (χ1n) is 10.9. The van der Waals surface area contributed by atoms with Crippen LogP contribution in [0.15, 0.2) is 18.2 Å². The van der Waals surface area contributed by atoms with Crippen LogP contribution < -0.4 is 10.6 Å². The molecule has 0 bridgehead atoms. The molecule has 6 nitrogen and oxygen atoms in total. The van der Waals surface area contributed by atoms with E-state index in [-0.39, 0.29) is 23.3 Å². The Balaban J connectivity index is 1.46. The average molecular weight is 523 g/mol. The third-order valence-electron chi connectivity index (χ3n) is 6.18. The monoisotopic (exact) mass is 522 g/mol. The van der Waals surface area contributed by atoms with Crippen molar-refractivity contribution < 1.29 is 18.0 Å². The molecular formula is C23H23ClN2O4S3. The summed E-state index contributed by atoms with van der Waals surface area (Å²) in [4.78, 5) is 28.0. The van der Waals surface area contributed by atoms with Crippen LogP contribution in [0.2, 0.25) is 5.02 Å². The predicted molar refractivity (Wildman–Crippen MR) is 135 cm³/mol. The highest BCUT2D eigenvalue weighted by Crippen LogP contribution is 2.40. The molecule has 5 rings (SSSR count). The Morgan fingerprint density at radius 3 is 2.67 bits per heavy atom. The number of benzene rings is 1. The van der Waals surface area contributed by atoms with Crippen LogP contribution in [-0.2, 0) is 22.7 Å². The maximum absolute atomic E-state index is 13.3. The van der Waals surface area contributed by atoms with Crippen molar-refractivity contribution in [2.24, 2.45) is 0 Å². The number of hydrogen-bond donors (Lipinski definition) is 2. The van der Waals surface area contributed by atoms with E-state index < -0.39 is 15.9 Å². The van der Waals surface area contributed by atoms with Crippen molar-refractivity contribution in [1.82, 2.24) is 5.32 Å². The number of anilines is 1. The fourth-order valence-corrected chi connectivity index (χ4v) is 9.00. The van der Waals surface area contributed by atoms with Crippen LogP contribution in [0.25, 0.3) is 10.1 Å². The van der Waals surface area contributed by atoms with Gasteiger partial charge in [-0.3, -0.25) is 9.59 Å². The molecule has 3 heterocycles. The van der Waals surface area contributed by atoms with Gasteiger partial charge in [0.2, 0.25) is 0 Å². The zero-order valence-corrected chi connectivity index (χ0v) is 21.2. The Kier molecular flexibility index (Phi) is 6.01. The summed E-state index contributed by atoms with van der Waals surface area (Å²) in [6.45, 7) is 1.99. The van der Waals surface area contributed by atoms with E-state index in [2.05, 4.69) is 10.6 Å². The Morgan fingerprint density at radius 1 is 1.12 bits per heavy atom. The topological polar surface area (TPSA) is 92.3 Å². The summed E-state index contributed by atoms with van der Waals surface area (Å²) in [7, 11) is -3.11. The summed E-state index contributed by atoms with van der Waals surface area (Å²) in [5, 5.41) is 7.60. The van der Waals surface area contributed by atoms with Gasteiger partial charge in [0.05, 0.1) is 22.1 Å². The highest BCUT2D eigenvalue weighted by Gasteiger charge is 2.32. The highest BCUT2D eigenvalue weighted by atomic mass is 35.5. The Labute approximate surface area is 205 Å². The van der Waals surface area contributed by atoms with Crippen molar-refractivity contribution in [2.75, 3.05) is 16.8 Å². The second kappa shape index (κ2) is 8.69. The van der Waals surface area contributed by atoms with Gasteiger partial charge in [-0.2, -0.15) is 0 Å². The third-order valence-corrected chi connectivity index (χ3v) is 10.8. The molecule has 1 saturated heterocycles. The van der Waals surface area contributed by atoms with E-state index in [9.17, 15) is 18.0 Å². The molecule has 0 saturated carbocycles. The van der Waals surface area contributed by atoms with Crippen LogP contribution in [-0.4, -0.2) is 37.8 Å². The minimum atomic E-state index is -3.11. The van der Waals surface area contributed by atoms with Gasteiger partial charge in [-0.1, -0.05) is 23.7 Å².